The van der Waals surface area contributed by atoms with Gasteiger partial charge in [0.1, 0.15) is 16.4 Å². The predicted molar refractivity (Wildman–Crippen MR) is 160 cm³/mol. The number of carbonyl (C=O) groups is 3. The lowest BCUT2D eigenvalue weighted by Crippen LogP contribution is -2.51. The van der Waals surface area contributed by atoms with Crippen molar-refractivity contribution in [1.29, 1.82) is 0 Å². The number of halogens is 7. The van der Waals surface area contributed by atoms with Crippen LogP contribution in [0.1, 0.15) is 41.5 Å². The monoisotopic (exact) mass is 685 g/mol. The van der Waals surface area contributed by atoms with Gasteiger partial charge in [-0.15, -0.1) is 11.3 Å². The van der Waals surface area contributed by atoms with E-state index in [4.69, 9.17) is 4.74 Å². The van der Waals surface area contributed by atoms with Crippen LogP contribution in [0.2, 0.25) is 0 Å². The molecule has 1 saturated heterocycles. The average Bonchev–Trinajstić information content (AvgIpc) is 3.33. The van der Waals surface area contributed by atoms with Crippen molar-refractivity contribution < 1.29 is 49.9 Å². The third-order valence-electron chi connectivity index (χ3n) is 7.15. The number of fused-ring (bicyclic) bond motifs is 1. The number of benzene rings is 3. The van der Waals surface area contributed by atoms with Gasteiger partial charge in [-0.1, -0.05) is 6.07 Å². The van der Waals surface area contributed by atoms with E-state index in [1.807, 2.05) is 6.26 Å². The Bertz CT molecular complexity index is 1850. The van der Waals surface area contributed by atoms with Gasteiger partial charge in [0.05, 0.1) is 29.5 Å². The highest BCUT2D eigenvalue weighted by Gasteiger charge is 2.35. The van der Waals surface area contributed by atoms with Gasteiger partial charge < -0.3 is 20.3 Å². The van der Waals surface area contributed by atoms with Gasteiger partial charge in [-0.05, 0) is 54.8 Å². The van der Waals surface area contributed by atoms with E-state index in [-0.39, 0.29) is 48.7 Å². The van der Waals surface area contributed by atoms with E-state index in [0.717, 1.165) is 24.3 Å². The zero-order chi connectivity index (χ0) is 33.6. The molecule has 2 N–H and O–H groups in total. The molecule has 4 aromatic rings. The first-order valence-electron chi connectivity index (χ1n) is 13.2. The topological polar surface area (TPSA) is 87.7 Å². The number of amides is 3. The molecule has 1 fully saturated rings. The zero-order valence-corrected chi connectivity index (χ0v) is 25.4. The molecule has 0 aliphatic carbocycles. The van der Waals surface area contributed by atoms with Crippen LogP contribution in [0.5, 0.6) is 5.75 Å². The van der Waals surface area contributed by atoms with Crippen molar-refractivity contribution in [2.75, 3.05) is 37.1 Å². The smallest absolute Gasteiger partial charge is 0.419 e. The number of thioether (sulfide) groups is 1. The fourth-order valence-electron chi connectivity index (χ4n) is 4.70. The summed E-state index contributed by atoms with van der Waals surface area (Å²) in [4.78, 5) is 41.2. The maximum absolute atomic E-state index is 13.8. The van der Waals surface area contributed by atoms with E-state index in [1.54, 1.807) is 16.7 Å². The van der Waals surface area contributed by atoms with Gasteiger partial charge in [-0.2, -0.15) is 38.1 Å². The second kappa shape index (κ2) is 12.5. The number of thiophene rings is 1. The minimum absolute atomic E-state index is 0.0291. The van der Waals surface area contributed by atoms with Crippen molar-refractivity contribution in [2.45, 2.75) is 17.6 Å². The molecular formula is C30H22F7N3O4S2. The molecule has 46 heavy (non-hydrogen) atoms. The van der Waals surface area contributed by atoms with Crippen molar-refractivity contribution in [3.05, 3.63) is 87.5 Å². The highest BCUT2D eigenvalue weighted by Crippen LogP contribution is 2.41. The number of methoxy groups -OCH3 is 1. The Hall–Kier alpha value is -4.31. The summed E-state index contributed by atoms with van der Waals surface area (Å²) >= 11 is 2.16. The highest BCUT2D eigenvalue weighted by molar-refractivity contribution is 7.99. The van der Waals surface area contributed by atoms with Crippen molar-refractivity contribution >= 4 is 62.3 Å². The first-order chi connectivity index (χ1) is 21.6. The average molecular weight is 686 g/mol. The minimum Gasteiger partial charge on any atom is -0.496 e. The number of ether oxygens (including phenoxy) is 1. The zero-order valence-electron chi connectivity index (χ0n) is 23.7. The summed E-state index contributed by atoms with van der Waals surface area (Å²) in [5, 5.41) is 5.02. The highest BCUT2D eigenvalue weighted by atomic mass is 32.2. The van der Waals surface area contributed by atoms with E-state index >= 15 is 0 Å². The molecule has 242 valence electrons. The van der Waals surface area contributed by atoms with Crippen LogP contribution in [0.25, 0.3) is 10.1 Å². The van der Waals surface area contributed by atoms with Gasteiger partial charge in [0.25, 0.3) is 17.7 Å². The second-order valence-corrected chi connectivity index (χ2v) is 12.3. The summed E-state index contributed by atoms with van der Waals surface area (Å²) in [5.41, 5.74) is -3.33. The second-order valence-electron chi connectivity index (χ2n) is 10.1. The number of nitrogens with one attached hydrogen (secondary N) is 2. The third kappa shape index (κ3) is 6.63. The standard InChI is InChI=1S/C30H22F7N3O4S2/c1-44-22-8-3-14(28(43)40-12-17(13-40)45-2)9-19(22)26(41)39-24-18-6-4-15(29(32,33)34)10-23(18)46-25(24)27(42)38-16-5-7-21(31)20(11-16)30(35,36)37/h3-11,17H,12-13H2,1-2H3,(H,38,42)(H,39,41). The number of hydrogen-bond acceptors (Lipinski definition) is 6. The van der Waals surface area contributed by atoms with Gasteiger partial charge >= 0.3 is 12.4 Å². The van der Waals surface area contributed by atoms with Crippen LogP contribution in [0, 0.1) is 5.82 Å². The van der Waals surface area contributed by atoms with Gasteiger partial charge in [0.15, 0.2) is 0 Å². The molecule has 2 heterocycles. The molecule has 1 aliphatic heterocycles. The number of rotatable bonds is 7. The van der Waals surface area contributed by atoms with Crippen LogP contribution < -0.4 is 15.4 Å². The summed E-state index contributed by atoms with van der Waals surface area (Å²) in [7, 11) is 1.28. The number of anilines is 2. The number of nitrogens with zero attached hydrogens (tertiary/aromatic N) is 1. The summed E-state index contributed by atoms with van der Waals surface area (Å²) in [5.74, 6) is -3.82. The molecule has 1 aliphatic rings. The fourth-order valence-corrected chi connectivity index (χ4v) is 6.45. The molecule has 7 nitrogen and oxygen atoms in total. The van der Waals surface area contributed by atoms with E-state index < -0.39 is 46.8 Å². The summed E-state index contributed by atoms with van der Waals surface area (Å²) in [6.07, 6.45) is -7.88. The Balaban J connectivity index is 1.52. The Kier molecular flexibility index (Phi) is 8.96. The van der Waals surface area contributed by atoms with Crippen LogP contribution in [-0.2, 0) is 12.4 Å². The molecule has 0 radical (unpaired) electrons. The molecule has 5 rings (SSSR count). The van der Waals surface area contributed by atoms with Crippen LogP contribution in [0.15, 0.2) is 54.6 Å². The lowest BCUT2D eigenvalue weighted by Gasteiger charge is -2.38. The van der Waals surface area contributed by atoms with E-state index in [2.05, 4.69) is 10.6 Å². The molecule has 3 amide bonds. The first kappa shape index (κ1) is 33.1. The number of carbonyl (C=O) groups excluding carboxylic acids is 3. The molecule has 16 heteroatoms. The first-order valence-corrected chi connectivity index (χ1v) is 15.3. The molecule has 0 atom stereocenters. The van der Waals surface area contributed by atoms with Gasteiger partial charge in [-0.3, -0.25) is 14.4 Å². The van der Waals surface area contributed by atoms with E-state index in [0.29, 0.717) is 36.6 Å². The van der Waals surface area contributed by atoms with E-state index in [9.17, 15) is 45.1 Å². The van der Waals surface area contributed by atoms with Crippen LogP contribution in [0.3, 0.4) is 0 Å². The van der Waals surface area contributed by atoms with Crippen LogP contribution >= 0.6 is 23.1 Å². The van der Waals surface area contributed by atoms with Gasteiger partial charge in [-0.25, -0.2) is 4.39 Å². The summed E-state index contributed by atoms with van der Waals surface area (Å²) in [6, 6.07) is 8.47. The lowest BCUT2D eigenvalue weighted by molar-refractivity contribution is -0.140. The molecule has 0 unspecified atom stereocenters. The summed E-state index contributed by atoms with van der Waals surface area (Å²) < 4.78 is 99.2. The van der Waals surface area contributed by atoms with Crippen molar-refractivity contribution in [3.63, 3.8) is 0 Å². The van der Waals surface area contributed by atoms with Crippen LogP contribution in [0.4, 0.5) is 42.1 Å². The van der Waals surface area contributed by atoms with Crippen LogP contribution in [-0.4, -0.2) is 54.3 Å². The predicted octanol–water partition coefficient (Wildman–Crippen LogP) is 7.78. The Morgan fingerprint density at radius 1 is 0.913 bits per heavy atom. The Morgan fingerprint density at radius 2 is 1.63 bits per heavy atom. The molecule has 0 spiro atoms. The third-order valence-corrected chi connectivity index (χ3v) is 9.27. The fraction of sp³-hybridized carbons (Fsp3) is 0.233. The maximum Gasteiger partial charge on any atom is 0.419 e. The van der Waals surface area contributed by atoms with Crippen molar-refractivity contribution in [3.8, 4) is 5.75 Å². The van der Waals surface area contributed by atoms with E-state index in [1.165, 1.54) is 25.3 Å². The number of likely N-dealkylation sites (tertiary alicyclic amines) is 1. The van der Waals surface area contributed by atoms with Gasteiger partial charge in [0, 0.05) is 39.7 Å². The molecule has 1 aromatic heterocycles. The van der Waals surface area contributed by atoms with Gasteiger partial charge in [0.2, 0.25) is 0 Å². The lowest BCUT2D eigenvalue weighted by atomic mass is 10.1. The van der Waals surface area contributed by atoms with Crippen molar-refractivity contribution in [1.82, 2.24) is 4.90 Å². The van der Waals surface area contributed by atoms with Crippen molar-refractivity contribution in [2.24, 2.45) is 0 Å². The normalized spacial score (nSPS) is 13.8. The SMILES string of the molecule is COc1ccc(C(=O)N2CC(SC)C2)cc1C(=O)Nc1c(C(=O)Nc2ccc(F)c(C(F)(F)F)c2)sc2cc(C(F)(F)F)ccc12. The maximum atomic E-state index is 13.8. The molecule has 0 saturated carbocycles. The summed E-state index contributed by atoms with van der Waals surface area (Å²) in [6.45, 7) is 1.04. The quantitative estimate of drug-likeness (QED) is 0.194. The molecule has 3 aromatic carbocycles. The minimum atomic E-state index is -5.07. The number of alkyl halides is 6. The largest absolute Gasteiger partial charge is 0.496 e. The Labute approximate surface area is 264 Å². The molecule has 0 bridgehead atoms. The number of hydrogen-bond donors (Lipinski definition) is 2. The molecular weight excluding hydrogens is 663 g/mol. The Morgan fingerprint density at radius 3 is 2.26 bits per heavy atom.